The van der Waals surface area contributed by atoms with E-state index in [1.54, 1.807) is 0 Å². The van der Waals surface area contributed by atoms with Gasteiger partial charge in [-0.05, 0) is 17.7 Å². The molecule has 0 spiro atoms. The average molecular weight is 256 g/mol. The maximum Gasteiger partial charge on any atom is 0.221 e. The molecule has 1 aliphatic rings. The Morgan fingerprint density at radius 2 is 1.94 bits per heavy atom. The van der Waals surface area contributed by atoms with Gasteiger partial charge >= 0.3 is 0 Å². The molecule has 1 aromatic rings. The fourth-order valence-corrected chi connectivity index (χ4v) is 2.00. The molecule has 1 amide bonds. The van der Waals surface area contributed by atoms with Crippen molar-refractivity contribution in [1.82, 2.24) is 5.32 Å². The van der Waals surface area contributed by atoms with Crippen molar-refractivity contribution in [2.24, 2.45) is 0 Å². The van der Waals surface area contributed by atoms with E-state index in [9.17, 15) is 13.6 Å². The predicted octanol–water partition coefficient (Wildman–Crippen LogP) is 0.783. The largest absolute Gasteiger partial charge is 0.392 e. The molecule has 1 aromatic carbocycles. The third-order valence-corrected chi connectivity index (χ3v) is 2.89. The molecule has 0 unspecified atom stereocenters. The van der Waals surface area contributed by atoms with Gasteiger partial charge in [-0.25, -0.2) is 8.78 Å². The van der Waals surface area contributed by atoms with Crippen molar-refractivity contribution >= 4 is 11.6 Å². The van der Waals surface area contributed by atoms with Crippen LogP contribution in [0.5, 0.6) is 0 Å². The van der Waals surface area contributed by atoms with E-state index in [0.29, 0.717) is 13.1 Å². The standard InChI is InChI=1S/C12H14F2N2O2/c13-9-5-8(7-17)6-10(14)12(9)16-3-1-11(18)15-2-4-16/h5-6,17H,1-4,7H2,(H,15,18). The second-order valence-electron chi connectivity index (χ2n) is 4.15. The lowest BCUT2D eigenvalue weighted by molar-refractivity contribution is -0.120. The van der Waals surface area contributed by atoms with Crippen LogP contribution in [0.4, 0.5) is 14.5 Å². The number of nitrogens with one attached hydrogen (secondary N) is 1. The molecule has 2 N–H and O–H groups in total. The molecular weight excluding hydrogens is 242 g/mol. The van der Waals surface area contributed by atoms with E-state index in [4.69, 9.17) is 5.11 Å². The number of rotatable bonds is 2. The Hall–Kier alpha value is -1.69. The third-order valence-electron chi connectivity index (χ3n) is 2.89. The molecule has 0 radical (unpaired) electrons. The minimum absolute atomic E-state index is 0.120. The van der Waals surface area contributed by atoms with Crippen LogP contribution in [0, 0.1) is 11.6 Å². The van der Waals surface area contributed by atoms with Crippen LogP contribution in [0.25, 0.3) is 0 Å². The van der Waals surface area contributed by atoms with Crippen LogP contribution in [0.1, 0.15) is 12.0 Å². The summed E-state index contributed by atoms with van der Waals surface area (Å²) in [5.74, 6) is -1.55. The summed E-state index contributed by atoms with van der Waals surface area (Å²) < 4.78 is 27.6. The molecule has 6 heteroatoms. The van der Waals surface area contributed by atoms with Gasteiger partial charge in [-0.1, -0.05) is 0 Å². The van der Waals surface area contributed by atoms with Gasteiger partial charge in [0.15, 0.2) is 0 Å². The van der Waals surface area contributed by atoms with Crippen LogP contribution >= 0.6 is 0 Å². The number of anilines is 1. The highest BCUT2D eigenvalue weighted by atomic mass is 19.1. The van der Waals surface area contributed by atoms with Crippen molar-refractivity contribution in [3.8, 4) is 0 Å². The van der Waals surface area contributed by atoms with Gasteiger partial charge in [-0.3, -0.25) is 4.79 Å². The molecule has 1 heterocycles. The first kappa shape index (κ1) is 12.8. The SMILES string of the molecule is O=C1CCN(c2c(F)cc(CO)cc2F)CCN1. The molecule has 0 aromatic heterocycles. The molecule has 1 fully saturated rings. The molecule has 4 nitrogen and oxygen atoms in total. The lowest BCUT2D eigenvalue weighted by atomic mass is 10.1. The Balaban J connectivity index is 2.29. The molecule has 2 rings (SSSR count). The summed E-state index contributed by atoms with van der Waals surface area (Å²) in [6.45, 7) is 0.587. The van der Waals surface area contributed by atoms with Crippen molar-refractivity contribution < 1.29 is 18.7 Å². The van der Waals surface area contributed by atoms with Crippen molar-refractivity contribution in [1.29, 1.82) is 0 Å². The van der Waals surface area contributed by atoms with Gasteiger partial charge in [-0.15, -0.1) is 0 Å². The van der Waals surface area contributed by atoms with Crippen LogP contribution in [-0.4, -0.2) is 30.6 Å². The topological polar surface area (TPSA) is 52.6 Å². The van der Waals surface area contributed by atoms with Crippen molar-refractivity contribution in [3.05, 3.63) is 29.3 Å². The van der Waals surface area contributed by atoms with Crippen LogP contribution in [-0.2, 0) is 11.4 Å². The first-order chi connectivity index (χ1) is 8.61. The Bertz CT molecular complexity index is 442. The molecule has 98 valence electrons. The van der Waals surface area contributed by atoms with Gasteiger partial charge in [-0.2, -0.15) is 0 Å². The van der Waals surface area contributed by atoms with E-state index in [1.165, 1.54) is 4.90 Å². The van der Waals surface area contributed by atoms with Crippen LogP contribution in [0.3, 0.4) is 0 Å². The number of amides is 1. The summed E-state index contributed by atoms with van der Waals surface area (Å²) in [6.07, 6.45) is 0.209. The number of hydrogen-bond acceptors (Lipinski definition) is 3. The smallest absolute Gasteiger partial charge is 0.221 e. The van der Waals surface area contributed by atoms with Gasteiger partial charge < -0.3 is 15.3 Å². The number of carbonyl (C=O) groups is 1. The lowest BCUT2D eigenvalue weighted by Crippen LogP contribution is -2.29. The number of aliphatic hydroxyl groups excluding tert-OH is 1. The minimum atomic E-state index is -0.714. The molecule has 18 heavy (non-hydrogen) atoms. The summed E-state index contributed by atoms with van der Waals surface area (Å²) >= 11 is 0. The van der Waals surface area contributed by atoms with E-state index in [2.05, 4.69) is 5.32 Å². The second kappa shape index (κ2) is 5.30. The monoisotopic (exact) mass is 256 g/mol. The van der Waals surface area contributed by atoms with E-state index in [1.807, 2.05) is 0 Å². The first-order valence-corrected chi connectivity index (χ1v) is 5.72. The van der Waals surface area contributed by atoms with E-state index in [-0.39, 0.29) is 30.1 Å². The molecule has 1 saturated heterocycles. The average Bonchev–Trinajstić information content (AvgIpc) is 2.53. The quantitative estimate of drug-likeness (QED) is 0.822. The molecular formula is C12H14F2N2O2. The first-order valence-electron chi connectivity index (χ1n) is 5.72. The number of hydrogen-bond donors (Lipinski definition) is 2. The highest BCUT2D eigenvalue weighted by Crippen LogP contribution is 2.25. The Morgan fingerprint density at radius 3 is 2.56 bits per heavy atom. The normalized spacial score (nSPS) is 16.4. The van der Waals surface area contributed by atoms with E-state index >= 15 is 0 Å². The maximum atomic E-state index is 13.8. The number of nitrogens with zero attached hydrogens (tertiary/aromatic N) is 1. The third kappa shape index (κ3) is 2.59. The van der Waals surface area contributed by atoms with Crippen molar-refractivity contribution in [2.45, 2.75) is 13.0 Å². The van der Waals surface area contributed by atoms with E-state index < -0.39 is 18.2 Å². The lowest BCUT2D eigenvalue weighted by Gasteiger charge is -2.23. The number of benzene rings is 1. The van der Waals surface area contributed by atoms with Gasteiger partial charge in [0.25, 0.3) is 0 Å². The number of carbonyl (C=O) groups excluding carboxylic acids is 1. The molecule has 0 atom stereocenters. The predicted molar refractivity (Wildman–Crippen MR) is 62.1 cm³/mol. The van der Waals surface area contributed by atoms with Gasteiger partial charge in [0.2, 0.25) is 5.91 Å². The summed E-state index contributed by atoms with van der Waals surface area (Å²) in [5.41, 5.74) is 0.0569. The Kier molecular flexibility index (Phi) is 3.76. The second-order valence-corrected chi connectivity index (χ2v) is 4.15. The fraction of sp³-hybridized carbons (Fsp3) is 0.417. The summed E-state index contributed by atoms with van der Waals surface area (Å²) in [5, 5.41) is 11.5. The minimum Gasteiger partial charge on any atom is -0.392 e. The van der Waals surface area contributed by atoms with Crippen LogP contribution in [0.2, 0.25) is 0 Å². The number of aliphatic hydroxyl groups is 1. The molecule has 0 saturated carbocycles. The van der Waals surface area contributed by atoms with Gasteiger partial charge in [0, 0.05) is 26.1 Å². The summed E-state index contributed by atoms with van der Waals surface area (Å²) in [6, 6.07) is 2.22. The highest BCUT2D eigenvalue weighted by molar-refractivity contribution is 5.77. The Labute approximate surface area is 103 Å². The maximum absolute atomic E-state index is 13.8. The zero-order chi connectivity index (χ0) is 13.1. The molecule has 1 aliphatic heterocycles. The fourth-order valence-electron chi connectivity index (χ4n) is 2.00. The summed E-state index contributed by atoms with van der Waals surface area (Å²) in [4.78, 5) is 12.7. The van der Waals surface area contributed by atoms with E-state index in [0.717, 1.165) is 12.1 Å². The van der Waals surface area contributed by atoms with Crippen LogP contribution in [0.15, 0.2) is 12.1 Å². The van der Waals surface area contributed by atoms with Crippen LogP contribution < -0.4 is 10.2 Å². The van der Waals surface area contributed by atoms with Gasteiger partial charge in [0.1, 0.15) is 17.3 Å². The molecule has 0 aliphatic carbocycles. The Morgan fingerprint density at radius 1 is 1.28 bits per heavy atom. The van der Waals surface area contributed by atoms with Crippen molar-refractivity contribution in [2.75, 3.05) is 24.5 Å². The molecule has 0 bridgehead atoms. The number of halogens is 2. The zero-order valence-electron chi connectivity index (χ0n) is 9.75. The van der Waals surface area contributed by atoms with Crippen molar-refractivity contribution in [3.63, 3.8) is 0 Å². The summed E-state index contributed by atoms with van der Waals surface area (Å²) in [7, 11) is 0. The highest BCUT2D eigenvalue weighted by Gasteiger charge is 2.20. The zero-order valence-corrected chi connectivity index (χ0v) is 9.75. The van der Waals surface area contributed by atoms with Gasteiger partial charge in [0.05, 0.1) is 6.61 Å².